The molecule has 2 heterocycles. The van der Waals surface area contributed by atoms with Crippen LogP contribution in [0.2, 0.25) is 5.02 Å². The second-order valence-corrected chi connectivity index (χ2v) is 7.12. The van der Waals surface area contributed by atoms with E-state index in [4.69, 9.17) is 21.4 Å². The SMILES string of the molecule is C[C@@H](Cn1ccc(-c2cc(F)c(C#N)c(Cl)c2)n1)NC(=O)Cc1nc([C@@H](C)O)no1. The van der Waals surface area contributed by atoms with Crippen molar-refractivity contribution in [2.75, 3.05) is 0 Å². The molecular formula is C19H18ClFN6O3. The number of carbonyl (C=O) groups excluding carboxylic acids is 1. The molecule has 0 saturated carbocycles. The number of hydrogen-bond donors (Lipinski definition) is 2. The Morgan fingerprint density at radius 3 is 2.87 bits per heavy atom. The Bertz CT molecular complexity index is 1080. The van der Waals surface area contributed by atoms with Crippen molar-refractivity contribution >= 4 is 17.5 Å². The molecule has 156 valence electrons. The van der Waals surface area contributed by atoms with E-state index in [-0.39, 0.29) is 40.7 Å². The third kappa shape index (κ3) is 5.00. The fraction of sp³-hybridized carbons (Fsp3) is 0.316. The van der Waals surface area contributed by atoms with Crippen LogP contribution in [0.1, 0.15) is 37.2 Å². The van der Waals surface area contributed by atoms with Crippen LogP contribution in [0, 0.1) is 17.1 Å². The summed E-state index contributed by atoms with van der Waals surface area (Å²) in [7, 11) is 0. The Morgan fingerprint density at radius 1 is 1.47 bits per heavy atom. The van der Waals surface area contributed by atoms with Gasteiger partial charge >= 0.3 is 0 Å². The van der Waals surface area contributed by atoms with E-state index < -0.39 is 11.9 Å². The number of benzene rings is 1. The number of carbonyl (C=O) groups is 1. The molecule has 30 heavy (non-hydrogen) atoms. The highest BCUT2D eigenvalue weighted by Crippen LogP contribution is 2.26. The maximum Gasteiger partial charge on any atom is 0.236 e. The van der Waals surface area contributed by atoms with Gasteiger partial charge in [0.25, 0.3) is 0 Å². The summed E-state index contributed by atoms with van der Waals surface area (Å²) in [4.78, 5) is 16.1. The highest BCUT2D eigenvalue weighted by molar-refractivity contribution is 6.32. The Kier molecular flexibility index (Phi) is 6.44. The minimum absolute atomic E-state index is 0.0162. The Morgan fingerprint density at radius 2 is 2.23 bits per heavy atom. The summed E-state index contributed by atoms with van der Waals surface area (Å²) < 4.78 is 20.5. The van der Waals surface area contributed by atoms with Gasteiger partial charge in [0.05, 0.1) is 17.3 Å². The molecule has 2 atom stereocenters. The van der Waals surface area contributed by atoms with Crippen molar-refractivity contribution in [2.45, 2.75) is 39.0 Å². The van der Waals surface area contributed by atoms with Crippen LogP contribution in [0.15, 0.2) is 28.9 Å². The minimum atomic E-state index is -0.877. The zero-order valence-electron chi connectivity index (χ0n) is 16.1. The van der Waals surface area contributed by atoms with Crippen molar-refractivity contribution in [1.82, 2.24) is 25.2 Å². The normalized spacial score (nSPS) is 12.9. The lowest BCUT2D eigenvalue weighted by molar-refractivity contribution is -0.121. The summed E-state index contributed by atoms with van der Waals surface area (Å²) in [5.41, 5.74) is 0.713. The lowest BCUT2D eigenvalue weighted by Gasteiger charge is -2.13. The van der Waals surface area contributed by atoms with Gasteiger partial charge in [-0.1, -0.05) is 16.8 Å². The molecule has 0 aliphatic heterocycles. The van der Waals surface area contributed by atoms with Crippen molar-refractivity contribution < 1.29 is 18.8 Å². The van der Waals surface area contributed by atoms with Crippen molar-refractivity contribution in [3.63, 3.8) is 0 Å². The standard InChI is InChI=1S/C19H18ClFN6O3/c1-10(23-17(29)7-18-24-19(11(2)28)26-30-18)9-27-4-3-16(25-27)12-5-14(20)13(8-22)15(21)6-12/h3-6,10-11,28H,7,9H2,1-2H3,(H,23,29)/t10-,11+/m0/s1. The zero-order valence-corrected chi connectivity index (χ0v) is 16.9. The van der Waals surface area contributed by atoms with Gasteiger partial charge in [0.1, 0.15) is 30.0 Å². The van der Waals surface area contributed by atoms with Crippen LogP contribution in [-0.4, -0.2) is 37.0 Å². The molecule has 11 heteroatoms. The average Bonchev–Trinajstić information content (AvgIpc) is 3.31. The van der Waals surface area contributed by atoms with Crippen LogP contribution in [0.25, 0.3) is 11.3 Å². The van der Waals surface area contributed by atoms with Gasteiger partial charge in [0.15, 0.2) is 5.82 Å². The predicted molar refractivity (Wildman–Crippen MR) is 104 cm³/mol. The van der Waals surface area contributed by atoms with Crippen molar-refractivity contribution in [3.05, 3.63) is 52.5 Å². The van der Waals surface area contributed by atoms with Crippen LogP contribution in [0.4, 0.5) is 4.39 Å². The number of amides is 1. The van der Waals surface area contributed by atoms with Crippen molar-refractivity contribution in [3.8, 4) is 17.3 Å². The second kappa shape index (κ2) is 9.02. The van der Waals surface area contributed by atoms with E-state index in [0.717, 1.165) is 0 Å². The average molecular weight is 433 g/mol. The van der Waals surface area contributed by atoms with E-state index in [0.29, 0.717) is 17.8 Å². The molecule has 0 aliphatic carbocycles. The van der Waals surface area contributed by atoms with Crippen LogP contribution in [0.3, 0.4) is 0 Å². The summed E-state index contributed by atoms with van der Waals surface area (Å²) >= 11 is 5.94. The Hall–Kier alpha value is -3.29. The summed E-state index contributed by atoms with van der Waals surface area (Å²) in [5, 5.41) is 29.0. The summed E-state index contributed by atoms with van der Waals surface area (Å²) in [6, 6.07) is 5.81. The van der Waals surface area contributed by atoms with Gasteiger partial charge in [-0.15, -0.1) is 0 Å². The molecule has 1 aromatic carbocycles. The van der Waals surface area contributed by atoms with Gasteiger partial charge < -0.3 is 14.9 Å². The van der Waals surface area contributed by atoms with Crippen molar-refractivity contribution in [1.29, 1.82) is 5.26 Å². The maximum absolute atomic E-state index is 14.0. The highest BCUT2D eigenvalue weighted by Gasteiger charge is 2.16. The molecular weight excluding hydrogens is 415 g/mol. The molecule has 9 nitrogen and oxygen atoms in total. The number of nitrogens with one attached hydrogen (secondary N) is 1. The van der Waals surface area contributed by atoms with Gasteiger partial charge in [-0.3, -0.25) is 9.48 Å². The molecule has 2 N–H and O–H groups in total. The summed E-state index contributed by atoms with van der Waals surface area (Å²) in [5.74, 6) is -0.808. The molecule has 0 spiro atoms. The molecule has 2 aromatic heterocycles. The number of aliphatic hydroxyl groups is 1. The van der Waals surface area contributed by atoms with Crippen LogP contribution in [0.5, 0.6) is 0 Å². The fourth-order valence-electron chi connectivity index (χ4n) is 2.74. The molecule has 1 amide bonds. The van der Waals surface area contributed by atoms with E-state index in [1.54, 1.807) is 29.9 Å². The number of rotatable bonds is 7. The molecule has 3 rings (SSSR count). The molecule has 0 radical (unpaired) electrons. The minimum Gasteiger partial charge on any atom is -0.385 e. The summed E-state index contributed by atoms with van der Waals surface area (Å²) in [6.07, 6.45) is 0.699. The van der Waals surface area contributed by atoms with E-state index in [2.05, 4.69) is 20.6 Å². The number of hydrogen-bond acceptors (Lipinski definition) is 7. The fourth-order valence-corrected chi connectivity index (χ4v) is 2.99. The highest BCUT2D eigenvalue weighted by atomic mass is 35.5. The van der Waals surface area contributed by atoms with Crippen LogP contribution >= 0.6 is 11.6 Å². The first kappa shape index (κ1) is 21.4. The van der Waals surface area contributed by atoms with E-state index in [9.17, 15) is 14.3 Å². The Labute approximate surface area is 176 Å². The largest absolute Gasteiger partial charge is 0.385 e. The number of aliphatic hydroxyl groups excluding tert-OH is 1. The third-order valence-corrected chi connectivity index (χ3v) is 4.43. The molecule has 0 fully saturated rings. The topological polar surface area (TPSA) is 130 Å². The quantitative estimate of drug-likeness (QED) is 0.586. The van der Waals surface area contributed by atoms with Gasteiger partial charge in [0.2, 0.25) is 11.8 Å². The molecule has 0 unspecified atom stereocenters. The smallest absolute Gasteiger partial charge is 0.236 e. The van der Waals surface area contributed by atoms with Gasteiger partial charge in [-0.2, -0.15) is 15.3 Å². The molecule has 0 bridgehead atoms. The first-order chi connectivity index (χ1) is 14.3. The number of nitrogens with zero attached hydrogens (tertiary/aromatic N) is 5. The molecule has 0 aliphatic rings. The van der Waals surface area contributed by atoms with Crippen LogP contribution < -0.4 is 5.32 Å². The maximum atomic E-state index is 14.0. The van der Waals surface area contributed by atoms with Gasteiger partial charge in [-0.05, 0) is 32.0 Å². The van der Waals surface area contributed by atoms with Crippen LogP contribution in [-0.2, 0) is 17.8 Å². The number of halogens is 2. The monoisotopic (exact) mass is 432 g/mol. The summed E-state index contributed by atoms with van der Waals surface area (Å²) in [6.45, 7) is 3.66. The van der Waals surface area contributed by atoms with Gasteiger partial charge in [0, 0.05) is 17.8 Å². The molecule has 0 saturated heterocycles. The lowest BCUT2D eigenvalue weighted by Crippen LogP contribution is -2.36. The van der Waals surface area contributed by atoms with E-state index >= 15 is 0 Å². The van der Waals surface area contributed by atoms with E-state index in [1.807, 2.05) is 0 Å². The first-order valence-corrected chi connectivity index (χ1v) is 9.37. The number of nitriles is 1. The van der Waals surface area contributed by atoms with E-state index in [1.165, 1.54) is 19.1 Å². The van der Waals surface area contributed by atoms with Crippen molar-refractivity contribution in [2.24, 2.45) is 0 Å². The number of aromatic nitrogens is 4. The van der Waals surface area contributed by atoms with Gasteiger partial charge in [-0.25, -0.2) is 4.39 Å². The Balaban J connectivity index is 1.60. The first-order valence-electron chi connectivity index (χ1n) is 8.99. The lowest BCUT2D eigenvalue weighted by atomic mass is 10.1. The molecule has 3 aromatic rings. The zero-order chi connectivity index (χ0) is 21.8. The second-order valence-electron chi connectivity index (χ2n) is 6.72. The third-order valence-electron chi connectivity index (χ3n) is 4.13. The predicted octanol–water partition coefficient (Wildman–Crippen LogP) is 2.40.